The van der Waals surface area contributed by atoms with Crippen LogP contribution in [0.25, 0.3) is 0 Å². The molecule has 1 fully saturated rings. The highest BCUT2D eigenvalue weighted by Crippen LogP contribution is 2.31. The lowest BCUT2D eigenvalue weighted by Gasteiger charge is -2.33. The molecule has 84 valence electrons. The molecule has 2 heteroatoms. The fourth-order valence-electron chi connectivity index (χ4n) is 2.21. The van der Waals surface area contributed by atoms with Gasteiger partial charge in [-0.1, -0.05) is 20.8 Å². The van der Waals surface area contributed by atoms with Crippen molar-refractivity contribution in [3.63, 3.8) is 0 Å². The minimum atomic E-state index is 0.278. The number of ether oxygens (including phenoxy) is 1. The topological polar surface area (TPSA) is 35.2 Å². The predicted molar refractivity (Wildman–Crippen MR) is 60.2 cm³/mol. The van der Waals surface area contributed by atoms with Crippen molar-refractivity contribution in [1.29, 1.82) is 0 Å². The summed E-state index contributed by atoms with van der Waals surface area (Å²) >= 11 is 0. The van der Waals surface area contributed by atoms with Gasteiger partial charge in [0, 0.05) is 6.54 Å². The van der Waals surface area contributed by atoms with Crippen LogP contribution in [-0.2, 0) is 4.74 Å². The van der Waals surface area contributed by atoms with Gasteiger partial charge in [-0.25, -0.2) is 0 Å². The second-order valence-electron chi connectivity index (χ2n) is 4.79. The van der Waals surface area contributed by atoms with Gasteiger partial charge in [0.1, 0.15) is 0 Å². The van der Waals surface area contributed by atoms with Gasteiger partial charge in [-0.05, 0) is 37.5 Å². The number of hydrogen-bond donors (Lipinski definition) is 1. The van der Waals surface area contributed by atoms with Crippen LogP contribution in [0.1, 0.15) is 46.5 Å². The first-order valence-electron chi connectivity index (χ1n) is 6.02. The van der Waals surface area contributed by atoms with Crippen LogP contribution in [0, 0.1) is 11.8 Å². The molecule has 0 amide bonds. The fourth-order valence-corrected chi connectivity index (χ4v) is 2.21. The van der Waals surface area contributed by atoms with E-state index in [1.807, 2.05) is 0 Å². The average Bonchev–Trinajstić information content (AvgIpc) is 2.19. The number of hydrogen-bond acceptors (Lipinski definition) is 2. The molecule has 0 spiro atoms. The molecule has 1 rings (SSSR count). The van der Waals surface area contributed by atoms with Crippen LogP contribution in [0.5, 0.6) is 0 Å². The number of rotatable bonds is 4. The van der Waals surface area contributed by atoms with Gasteiger partial charge in [-0.15, -0.1) is 0 Å². The molecule has 0 aliphatic heterocycles. The van der Waals surface area contributed by atoms with Crippen LogP contribution in [0.2, 0.25) is 0 Å². The maximum absolute atomic E-state index is 5.98. The van der Waals surface area contributed by atoms with Crippen LogP contribution in [0.4, 0.5) is 0 Å². The molecule has 1 aliphatic rings. The largest absolute Gasteiger partial charge is 0.374 e. The summed E-state index contributed by atoms with van der Waals surface area (Å²) in [5.74, 6) is 1.68. The first kappa shape index (κ1) is 12.0. The van der Waals surface area contributed by atoms with Crippen molar-refractivity contribution in [3.05, 3.63) is 0 Å². The third-order valence-electron chi connectivity index (χ3n) is 3.65. The van der Waals surface area contributed by atoms with E-state index in [0.29, 0.717) is 12.6 Å². The highest BCUT2D eigenvalue weighted by Gasteiger charge is 2.26. The van der Waals surface area contributed by atoms with Crippen LogP contribution in [0.15, 0.2) is 0 Å². The molecule has 2 N–H and O–H groups in total. The summed E-state index contributed by atoms with van der Waals surface area (Å²) in [6.07, 6.45) is 5.54. The molecule has 0 radical (unpaired) electrons. The molecular weight excluding hydrogens is 174 g/mol. The maximum Gasteiger partial charge on any atom is 0.0698 e. The summed E-state index contributed by atoms with van der Waals surface area (Å²) < 4.78 is 5.98. The Balaban J connectivity index is 2.32. The summed E-state index contributed by atoms with van der Waals surface area (Å²) in [4.78, 5) is 0. The molecular formula is C12H25NO. The molecule has 4 atom stereocenters. The third-order valence-corrected chi connectivity index (χ3v) is 3.65. The lowest BCUT2D eigenvalue weighted by Crippen LogP contribution is -2.33. The van der Waals surface area contributed by atoms with E-state index < -0.39 is 0 Å². The van der Waals surface area contributed by atoms with Crippen molar-refractivity contribution < 1.29 is 4.74 Å². The lowest BCUT2D eigenvalue weighted by molar-refractivity contribution is -0.0443. The van der Waals surface area contributed by atoms with E-state index in [-0.39, 0.29) is 6.10 Å². The summed E-state index contributed by atoms with van der Waals surface area (Å²) in [6, 6.07) is 0. The number of nitrogens with two attached hydrogens (primary N) is 1. The molecule has 0 aromatic rings. The summed E-state index contributed by atoms with van der Waals surface area (Å²) in [5, 5.41) is 0. The van der Waals surface area contributed by atoms with Crippen molar-refractivity contribution in [2.24, 2.45) is 17.6 Å². The van der Waals surface area contributed by atoms with E-state index >= 15 is 0 Å². The van der Waals surface area contributed by atoms with Gasteiger partial charge in [0.15, 0.2) is 0 Å². The van der Waals surface area contributed by atoms with Crippen LogP contribution in [-0.4, -0.2) is 18.8 Å². The van der Waals surface area contributed by atoms with E-state index in [1.54, 1.807) is 0 Å². The molecule has 1 saturated carbocycles. The van der Waals surface area contributed by atoms with Gasteiger partial charge in [-0.2, -0.15) is 0 Å². The van der Waals surface area contributed by atoms with E-state index in [2.05, 4.69) is 20.8 Å². The average molecular weight is 199 g/mol. The van der Waals surface area contributed by atoms with Crippen LogP contribution in [0.3, 0.4) is 0 Å². The molecule has 0 saturated heterocycles. The quantitative estimate of drug-likeness (QED) is 0.755. The zero-order chi connectivity index (χ0) is 10.6. The summed E-state index contributed by atoms with van der Waals surface area (Å²) in [7, 11) is 0. The first-order chi connectivity index (χ1) is 6.67. The van der Waals surface area contributed by atoms with Gasteiger partial charge in [0.25, 0.3) is 0 Å². The van der Waals surface area contributed by atoms with E-state index in [0.717, 1.165) is 18.3 Å². The second kappa shape index (κ2) is 5.72. The highest BCUT2D eigenvalue weighted by atomic mass is 16.5. The molecule has 0 aromatic heterocycles. The Labute approximate surface area is 88.2 Å². The monoisotopic (exact) mass is 199 g/mol. The first-order valence-corrected chi connectivity index (χ1v) is 6.02. The molecule has 0 aromatic carbocycles. The molecule has 4 unspecified atom stereocenters. The van der Waals surface area contributed by atoms with Crippen LogP contribution >= 0.6 is 0 Å². The Morgan fingerprint density at radius 1 is 1.29 bits per heavy atom. The van der Waals surface area contributed by atoms with Gasteiger partial charge in [0.2, 0.25) is 0 Å². The lowest BCUT2D eigenvalue weighted by atomic mass is 9.80. The minimum Gasteiger partial charge on any atom is -0.374 e. The van der Waals surface area contributed by atoms with Crippen molar-refractivity contribution in [2.45, 2.75) is 58.7 Å². The Hall–Kier alpha value is -0.0800. The Morgan fingerprint density at radius 3 is 2.50 bits per heavy atom. The Kier molecular flexibility index (Phi) is 4.90. The maximum atomic E-state index is 5.98. The fraction of sp³-hybridized carbons (Fsp3) is 1.00. The van der Waals surface area contributed by atoms with Crippen LogP contribution < -0.4 is 5.73 Å². The van der Waals surface area contributed by atoms with E-state index in [9.17, 15) is 0 Å². The SMILES string of the molecule is CCC(CN)OC1CCC(C)C(C)C1. The molecule has 0 bridgehead atoms. The minimum absolute atomic E-state index is 0.278. The second-order valence-corrected chi connectivity index (χ2v) is 4.79. The summed E-state index contributed by atoms with van der Waals surface area (Å²) in [6.45, 7) is 7.49. The van der Waals surface area contributed by atoms with E-state index in [1.165, 1.54) is 19.3 Å². The predicted octanol–water partition coefficient (Wildman–Crippen LogP) is 2.57. The molecule has 0 heterocycles. The van der Waals surface area contributed by atoms with Crippen molar-refractivity contribution in [3.8, 4) is 0 Å². The van der Waals surface area contributed by atoms with Crippen molar-refractivity contribution >= 4 is 0 Å². The van der Waals surface area contributed by atoms with Gasteiger partial charge < -0.3 is 10.5 Å². The third kappa shape index (κ3) is 3.25. The van der Waals surface area contributed by atoms with E-state index in [4.69, 9.17) is 10.5 Å². The van der Waals surface area contributed by atoms with Crippen molar-refractivity contribution in [1.82, 2.24) is 0 Å². The standard InChI is InChI=1S/C12H25NO/c1-4-11(8-13)14-12-6-5-9(2)10(3)7-12/h9-12H,4-8,13H2,1-3H3. The molecule has 1 aliphatic carbocycles. The van der Waals surface area contributed by atoms with Crippen molar-refractivity contribution in [2.75, 3.05) is 6.54 Å². The normalized spacial score (nSPS) is 35.6. The zero-order valence-electron chi connectivity index (χ0n) is 9.83. The van der Waals surface area contributed by atoms with Gasteiger partial charge >= 0.3 is 0 Å². The molecule has 14 heavy (non-hydrogen) atoms. The Bertz CT molecular complexity index is 156. The zero-order valence-corrected chi connectivity index (χ0v) is 9.83. The highest BCUT2D eigenvalue weighted by molar-refractivity contribution is 4.76. The van der Waals surface area contributed by atoms with Gasteiger partial charge in [0.05, 0.1) is 12.2 Å². The Morgan fingerprint density at radius 2 is 2.00 bits per heavy atom. The molecule has 2 nitrogen and oxygen atoms in total. The smallest absolute Gasteiger partial charge is 0.0698 e. The summed E-state index contributed by atoms with van der Waals surface area (Å²) in [5.41, 5.74) is 5.64. The van der Waals surface area contributed by atoms with Gasteiger partial charge in [-0.3, -0.25) is 0 Å².